The van der Waals surface area contributed by atoms with Crippen LogP contribution in [0.15, 0.2) is 45.3 Å². The number of carbonyl (C=O) groups excluding carboxylic acids is 2. The van der Waals surface area contributed by atoms with E-state index in [-0.39, 0.29) is 24.1 Å². The predicted octanol–water partition coefficient (Wildman–Crippen LogP) is 2.24. The first-order valence-electron chi connectivity index (χ1n) is 8.73. The third-order valence-corrected chi connectivity index (χ3v) is 4.78. The molecule has 0 fully saturated rings. The Morgan fingerprint density at radius 2 is 2.00 bits per heavy atom. The van der Waals surface area contributed by atoms with Crippen molar-refractivity contribution in [2.45, 2.75) is 13.5 Å². The van der Waals surface area contributed by atoms with Crippen molar-refractivity contribution in [2.75, 3.05) is 14.2 Å². The number of ether oxygens (including phenoxy) is 2. The molecule has 2 N–H and O–H groups in total. The van der Waals surface area contributed by atoms with E-state index in [2.05, 4.69) is 26.0 Å². The first-order chi connectivity index (χ1) is 14.5. The second-order valence-electron chi connectivity index (χ2n) is 5.88. The minimum Gasteiger partial charge on any atom is -0.493 e. The number of hydrogen-bond donors (Lipinski definition) is 2. The number of hydrogen-bond acceptors (Lipinski definition) is 9. The summed E-state index contributed by atoms with van der Waals surface area (Å²) in [4.78, 5) is 28.7. The summed E-state index contributed by atoms with van der Waals surface area (Å²) in [5.41, 5.74) is 3.09. The lowest BCUT2D eigenvalue weighted by atomic mass is 10.2. The highest BCUT2D eigenvalue weighted by molar-refractivity contribution is 7.12. The van der Waals surface area contributed by atoms with E-state index < -0.39 is 5.91 Å². The maximum atomic E-state index is 12.1. The molecule has 0 bridgehead atoms. The molecule has 2 aromatic heterocycles. The molecule has 0 spiro atoms. The molecule has 0 unspecified atom stereocenters. The van der Waals surface area contributed by atoms with Gasteiger partial charge in [-0.2, -0.15) is 10.1 Å². The number of methoxy groups -OCH3 is 2. The maximum Gasteiger partial charge on any atom is 0.281 e. The second kappa shape index (κ2) is 9.65. The number of amides is 2. The van der Waals surface area contributed by atoms with E-state index in [1.165, 1.54) is 25.4 Å². The van der Waals surface area contributed by atoms with Gasteiger partial charge < -0.3 is 19.3 Å². The summed E-state index contributed by atoms with van der Waals surface area (Å²) in [5.74, 6) is 0.808. The van der Waals surface area contributed by atoms with Gasteiger partial charge in [0.1, 0.15) is 5.71 Å². The Hall–Kier alpha value is -3.73. The number of rotatable bonds is 8. The van der Waals surface area contributed by atoms with Crippen molar-refractivity contribution in [2.24, 2.45) is 5.10 Å². The Morgan fingerprint density at radius 3 is 2.70 bits per heavy atom. The lowest BCUT2D eigenvalue weighted by molar-refractivity contribution is -0.115. The normalized spacial score (nSPS) is 11.1. The summed E-state index contributed by atoms with van der Waals surface area (Å²) in [5, 5.41) is 12.1. The van der Waals surface area contributed by atoms with Gasteiger partial charge in [0.05, 0.1) is 25.6 Å². The van der Waals surface area contributed by atoms with Crippen LogP contribution in [0.1, 0.15) is 22.5 Å². The number of carbonyl (C=O) groups is 2. The standard InChI is InChI=1S/C19H19N5O5S/c1-11(22-23-19(26)15-5-4-8-30-15)18(25)20-10-16-21-17(24-29-16)12-6-7-13(27-2)14(9-12)28-3/h4-9H,10H2,1-3H3,(H,20,25)(H,23,26)/b22-11+. The topological polar surface area (TPSA) is 128 Å². The van der Waals surface area contributed by atoms with E-state index in [4.69, 9.17) is 14.0 Å². The molecule has 10 nitrogen and oxygen atoms in total. The van der Waals surface area contributed by atoms with Crippen molar-refractivity contribution in [3.05, 3.63) is 46.5 Å². The van der Waals surface area contributed by atoms with Gasteiger partial charge in [-0.15, -0.1) is 11.3 Å². The first kappa shape index (κ1) is 21.0. The Labute approximate surface area is 175 Å². The summed E-state index contributed by atoms with van der Waals surface area (Å²) in [6.07, 6.45) is 0. The Bertz CT molecular complexity index is 1060. The van der Waals surface area contributed by atoms with Crippen LogP contribution < -0.4 is 20.2 Å². The zero-order valence-electron chi connectivity index (χ0n) is 16.5. The predicted molar refractivity (Wildman–Crippen MR) is 110 cm³/mol. The summed E-state index contributed by atoms with van der Waals surface area (Å²) in [6.45, 7) is 1.48. The van der Waals surface area contributed by atoms with Gasteiger partial charge in [0.2, 0.25) is 11.7 Å². The highest BCUT2D eigenvalue weighted by Gasteiger charge is 2.14. The lowest BCUT2D eigenvalue weighted by Gasteiger charge is -2.07. The lowest BCUT2D eigenvalue weighted by Crippen LogP contribution is -2.31. The molecular formula is C19H19N5O5S. The Kier molecular flexibility index (Phi) is 6.75. The van der Waals surface area contributed by atoms with Crippen LogP contribution in [0.25, 0.3) is 11.4 Å². The summed E-state index contributed by atoms with van der Waals surface area (Å²) >= 11 is 1.28. The van der Waals surface area contributed by atoms with Crippen LogP contribution in [0.2, 0.25) is 0 Å². The first-order valence-corrected chi connectivity index (χ1v) is 9.61. The minimum absolute atomic E-state index is 0.00482. The molecule has 156 valence electrons. The fourth-order valence-corrected chi connectivity index (χ4v) is 2.96. The molecule has 3 rings (SSSR count). The molecule has 0 saturated carbocycles. The molecule has 2 amide bonds. The molecule has 0 saturated heterocycles. The highest BCUT2D eigenvalue weighted by Crippen LogP contribution is 2.31. The maximum absolute atomic E-state index is 12.1. The van der Waals surface area contributed by atoms with E-state index in [0.29, 0.717) is 27.8 Å². The monoisotopic (exact) mass is 429 g/mol. The van der Waals surface area contributed by atoms with E-state index in [1.54, 1.807) is 42.8 Å². The zero-order valence-corrected chi connectivity index (χ0v) is 17.3. The van der Waals surface area contributed by atoms with Gasteiger partial charge in [0, 0.05) is 5.56 Å². The fraction of sp³-hybridized carbons (Fsp3) is 0.211. The average Bonchev–Trinajstić information content (AvgIpc) is 3.47. The number of nitrogens with zero attached hydrogens (tertiary/aromatic N) is 3. The number of nitrogens with one attached hydrogen (secondary N) is 2. The second-order valence-corrected chi connectivity index (χ2v) is 6.83. The van der Waals surface area contributed by atoms with Crippen LogP contribution in [-0.4, -0.2) is 41.9 Å². The van der Waals surface area contributed by atoms with Gasteiger partial charge in [-0.05, 0) is 36.6 Å². The van der Waals surface area contributed by atoms with Crippen LogP contribution in [0.4, 0.5) is 0 Å². The quantitative estimate of drug-likeness (QED) is 0.415. The van der Waals surface area contributed by atoms with Crippen molar-refractivity contribution in [3.63, 3.8) is 0 Å². The molecule has 0 aliphatic carbocycles. The van der Waals surface area contributed by atoms with Gasteiger partial charge >= 0.3 is 0 Å². The molecular weight excluding hydrogens is 410 g/mol. The van der Waals surface area contributed by atoms with Crippen LogP contribution in [-0.2, 0) is 11.3 Å². The molecule has 0 aliphatic heterocycles. The summed E-state index contributed by atoms with van der Waals surface area (Å²) in [6, 6.07) is 8.64. The van der Waals surface area contributed by atoms with Crippen LogP contribution in [0.5, 0.6) is 11.5 Å². The van der Waals surface area contributed by atoms with E-state index in [0.717, 1.165) is 0 Å². The van der Waals surface area contributed by atoms with Gasteiger partial charge in [-0.3, -0.25) is 9.59 Å². The molecule has 30 heavy (non-hydrogen) atoms. The fourth-order valence-electron chi connectivity index (χ4n) is 2.35. The van der Waals surface area contributed by atoms with E-state index in [9.17, 15) is 9.59 Å². The Balaban J connectivity index is 1.57. The van der Waals surface area contributed by atoms with Gasteiger partial charge in [-0.1, -0.05) is 11.2 Å². The van der Waals surface area contributed by atoms with Crippen LogP contribution >= 0.6 is 11.3 Å². The SMILES string of the molecule is COc1ccc(-c2noc(CNC(=O)/C(C)=N/NC(=O)c3cccs3)n2)cc1OC. The molecule has 0 radical (unpaired) electrons. The Morgan fingerprint density at radius 1 is 1.20 bits per heavy atom. The smallest absolute Gasteiger partial charge is 0.281 e. The molecule has 11 heteroatoms. The number of thiophene rings is 1. The molecule has 0 atom stereocenters. The third kappa shape index (κ3) is 5.00. The highest BCUT2D eigenvalue weighted by atomic mass is 32.1. The van der Waals surface area contributed by atoms with E-state index >= 15 is 0 Å². The average molecular weight is 429 g/mol. The number of hydrazone groups is 1. The zero-order chi connectivity index (χ0) is 21.5. The van der Waals surface area contributed by atoms with E-state index in [1.807, 2.05) is 0 Å². The summed E-state index contributed by atoms with van der Waals surface area (Å²) < 4.78 is 15.6. The molecule has 2 heterocycles. The van der Waals surface area contributed by atoms with Crippen molar-refractivity contribution in [1.29, 1.82) is 0 Å². The van der Waals surface area contributed by atoms with Crippen molar-refractivity contribution in [1.82, 2.24) is 20.9 Å². The van der Waals surface area contributed by atoms with Crippen LogP contribution in [0.3, 0.4) is 0 Å². The number of aromatic nitrogens is 2. The van der Waals surface area contributed by atoms with Gasteiger partial charge in [0.15, 0.2) is 11.5 Å². The largest absolute Gasteiger partial charge is 0.493 e. The van der Waals surface area contributed by atoms with Crippen molar-refractivity contribution < 1.29 is 23.6 Å². The molecule has 1 aromatic carbocycles. The minimum atomic E-state index is -0.479. The van der Waals surface area contributed by atoms with Crippen LogP contribution in [0, 0.1) is 0 Å². The van der Waals surface area contributed by atoms with Gasteiger partial charge in [-0.25, -0.2) is 5.43 Å². The van der Waals surface area contributed by atoms with Crippen molar-refractivity contribution >= 4 is 28.9 Å². The molecule has 3 aromatic rings. The van der Waals surface area contributed by atoms with Gasteiger partial charge in [0.25, 0.3) is 11.8 Å². The third-order valence-electron chi connectivity index (χ3n) is 3.91. The van der Waals surface area contributed by atoms with Crippen molar-refractivity contribution in [3.8, 4) is 22.9 Å². The number of benzene rings is 1. The molecule has 0 aliphatic rings. The summed E-state index contributed by atoms with van der Waals surface area (Å²) in [7, 11) is 3.08.